The van der Waals surface area contributed by atoms with Gasteiger partial charge in [0.15, 0.2) is 0 Å². The molecule has 3 unspecified atom stereocenters. The SMILES string of the molecule is CC1CN(C(C)C(=O)Nc2ccc(N)cc2)CC1C. The molecule has 1 fully saturated rings. The maximum Gasteiger partial charge on any atom is 0.241 e. The zero-order valence-corrected chi connectivity index (χ0v) is 11.9. The van der Waals surface area contributed by atoms with Crippen molar-refractivity contribution in [1.29, 1.82) is 0 Å². The predicted octanol–water partition coefficient (Wildman–Crippen LogP) is 2.18. The molecule has 2 rings (SSSR count). The smallest absolute Gasteiger partial charge is 0.241 e. The van der Waals surface area contributed by atoms with Crippen LogP contribution in [0.5, 0.6) is 0 Å². The third kappa shape index (κ3) is 3.26. The van der Waals surface area contributed by atoms with Crippen molar-refractivity contribution in [1.82, 2.24) is 4.90 Å². The highest BCUT2D eigenvalue weighted by atomic mass is 16.2. The number of nitrogen functional groups attached to an aromatic ring is 1. The van der Waals surface area contributed by atoms with Crippen LogP contribution in [0.25, 0.3) is 0 Å². The largest absolute Gasteiger partial charge is 0.399 e. The van der Waals surface area contributed by atoms with Crippen molar-refractivity contribution >= 4 is 17.3 Å². The zero-order chi connectivity index (χ0) is 14.0. The van der Waals surface area contributed by atoms with Crippen LogP contribution >= 0.6 is 0 Å². The number of amides is 1. The van der Waals surface area contributed by atoms with Crippen LogP contribution in [0.2, 0.25) is 0 Å². The summed E-state index contributed by atoms with van der Waals surface area (Å²) in [7, 11) is 0. The number of nitrogens with zero attached hydrogens (tertiary/aromatic N) is 1. The fourth-order valence-electron chi connectivity index (χ4n) is 2.47. The lowest BCUT2D eigenvalue weighted by Crippen LogP contribution is -2.40. The van der Waals surface area contributed by atoms with E-state index in [9.17, 15) is 4.79 Å². The molecule has 1 heterocycles. The molecular weight excluding hydrogens is 238 g/mol. The summed E-state index contributed by atoms with van der Waals surface area (Å²) in [4.78, 5) is 14.5. The number of nitrogens with one attached hydrogen (secondary N) is 1. The van der Waals surface area contributed by atoms with E-state index in [0.29, 0.717) is 17.5 Å². The number of carbonyl (C=O) groups is 1. The molecule has 1 amide bonds. The van der Waals surface area contributed by atoms with Gasteiger partial charge in [-0.25, -0.2) is 0 Å². The summed E-state index contributed by atoms with van der Waals surface area (Å²) < 4.78 is 0. The van der Waals surface area contributed by atoms with Crippen molar-refractivity contribution in [2.75, 3.05) is 24.1 Å². The highest BCUT2D eigenvalue weighted by molar-refractivity contribution is 5.94. The highest BCUT2D eigenvalue weighted by Gasteiger charge is 2.31. The number of nitrogens with two attached hydrogens (primary N) is 1. The summed E-state index contributed by atoms with van der Waals surface area (Å²) in [6, 6.07) is 7.15. The average molecular weight is 261 g/mol. The molecule has 1 aromatic carbocycles. The van der Waals surface area contributed by atoms with Gasteiger partial charge in [-0.05, 0) is 43.0 Å². The Labute approximate surface area is 115 Å². The van der Waals surface area contributed by atoms with Gasteiger partial charge < -0.3 is 11.1 Å². The average Bonchev–Trinajstić information content (AvgIpc) is 2.71. The summed E-state index contributed by atoms with van der Waals surface area (Å²) in [5.74, 6) is 1.37. The Morgan fingerprint density at radius 1 is 1.26 bits per heavy atom. The third-order valence-corrected chi connectivity index (χ3v) is 4.12. The zero-order valence-electron chi connectivity index (χ0n) is 11.9. The Hall–Kier alpha value is -1.55. The summed E-state index contributed by atoms with van der Waals surface area (Å²) in [6.45, 7) is 8.46. The monoisotopic (exact) mass is 261 g/mol. The maximum absolute atomic E-state index is 12.2. The number of benzene rings is 1. The van der Waals surface area contributed by atoms with E-state index in [1.165, 1.54) is 0 Å². The van der Waals surface area contributed by atoms with Crippen molar-refractivity contribution < 1.29 is 4.79 Å². The molecule has 3 N–H and O–H groups in total. The van der Waals surface area contributed by atoms with Gasteiger partial charge in [0.05, 0.1) is 6.04 Å². The Balaban J connectivity index is 1.94. The van der Waals surface area contributed by atoms with E-state index in [4.69, 9.17) is 5.73 Å². The van der Waals surface area contributed by atoms with E-state index >= 15 is 0 Å². The number of likely N-dealkylation sites (tertiary alicyclic amines) is 1. The highest BCUT2D eigenvalue weighted by Crippen LogP contribution is 2.24. The first-order valence-corrected chi connectivity index (χ1v) is 6.88. The Morgan fingerprint density at radius 3 is 2.32 bits per heavy atom. The number of rotatable bonds is 3. The van der Waals surface area contributed by atoms with E-state index in [1.54, 1.807) is 12.1 Å². The maximum atomic E-state index is 12.2. The van der Waals surface area contributed by atoms with Crippen molar-refractivity contribution in [2.24, 2.45) is 11.8 Å². The minimum atomic E-state index is -0.0926. The number of carbonyl (C=O) groups excluding carboxylic acids is 1. The van der Waals surface area contributed by atoms with Gasteiger partial charge in [-0.2, -0.15) is 0 Å². The topological polar surface area (TPSA) is 58.4 Å². The fourth-order valence-corrected chi connectivity index (χ4v) is 2.47. The van der Waals surface area contributed by atoms with Crippen molar-refractivity contribution in [3.8, 4) is 0 Å². The molecule has 4 nitrogen and oxygen atoms in total. The lowest BCUT2D eigenvalue weighted by molar-refractivity contribution is -0.120. The van der Waals surface area contributed by atoms with Gasteiger partial charge in [0.2, 0.25) is 5.91 Å². The molecule has 1 saturated heterocycles. The minimum absolute atomic E-state index is 0.0473. The lowest BCUT2D eigenvalue weighted by Gasteiger charge is -2.23. The summed E-state index contributed by atoms with van der Waals surface area (Å²) in [6.07, 6.45) is 0. The van der Waals surface area contributed by atoms with Crippen LogP contribution in [0.15, 0.2) is 24.3 Å². The first-order chi connectivity index (χ1) is 8.97. The Bertz CT molecular complexity index is 433. The van der Waals surface area contributed by atoms with Gasteiger partial charge in [0.1, 0.15) is 0 Å². The number of hydrogen-bond acceptors (Lipinski definition) is 3. The Morgan fingerprint density at radius 2 is 1.79 bits per heavy atom. The van der Waals surface area contributed by atoms with E-state index < -0.39 is 0 Å². The lowest BCUT2D eigenvalue weighted by atomic mass is 10.0. The first-order valence-electron chi connectivity index (χ1n) is 6.88. The predicted molar refractivity (Wildman–Crippen MR) is 78.8 cm³/mol. The molecule has 0 radical (unpaired) electrons. The van der Waals surface area contributed by atoms with Gasteiger partial charge in [-0.15, -0.1) is 0 Å². The molecule has 0 aliphatic carbocycles. The van der Waals surface area contributed by atoms with Crippen LogP contribution in [0, 0.1) is 11.8 Å². The van der Waals surface area contributed by atoms with Crippen LogP contribution in [0.3, 0.4) is 0 Å². The van der Waals surface area contributed by atoms with Gasteiger partial charge in [-0.1, -0.05) is 13.8 Å². The molecule has 0 spiro atoms. The van der Waals surface area contributed by atoms with Crippen molar-refractivity contribution in [3.05, 3.63) is 24.3 Å². The third-order valence-electron chi connectivity index (χ3n) is 4.12. The van der Waals surface area contributed by atoms with Crippen molar-refractivity contribution in [3.63, 3.8) is 0 Å². The van der Waals surface area contributed by atoms with Crippen LogP contribution in [0.4, 0.5) is 11.4 Å². The quantitative estimate of drug-likeness (QED) is 0.820. The molecule has 0 saturated carbocycles. The second kappa shape index (κ2) is 5.61. The normalized spacial score (nSPS) is 25.2. The molecule has 0 bridgehead atoms. The number of hydrogen-bond donors (Lipinski definition) is 2. The summed E-state index contributed by atoms with van der Waals surface area (Å²) in [5, 5.41) is 2.94. The molecule has 19 heavy (non-hydrogen) atoms. The fraction of sp³-hybridized carbons (Fsp3) is 0.533. The molecule has 1 aromatic rings. The van der Waals surface area contributed by atoms with Gasteiger partial charge in [0.25, 0.3) is 0 Å². The van der Waals surface area contributed by atoms with Crippen molar-refractivity contribution in [2.45, 2.75) is 26.8 Å². The minimum Gasteiger partial charge on any atom is -0.399 e. The number of anilines is 2. The van der Waals surface area contributed by atoms with E-state index in [2.05, 4.69) is 24.1 Å². The van der Waals surface area contributed by atoms with Gasteiger partial charge in [-0.3, -0.25) is 9.69 Å². The van der Waals surface area contributed by atoms with Gasteiger partial charge in [0, 0.05) is 24.5 Å². The summed E-state index contributed by atoms with van der Waals surface area (Å²) >= 11 is 0. The second-order valence-corrected chi connectivity index (χ2v) is 5.70. The van der Waals surface area contributed by atoms with E-state index in [1.807, 2.05) is 19.1 Å². The van der Waals surface area contributed by atoms with Crippen LogP contribution in [0.1, 0.15) is 20.8 Å². The standard InChI is InChI=1S/C15H23N3O/c1-10-8-18(9-11(10)2)12(3)15(19)17-14-6-4-13(16)5-7-14/h4-7,10-12H,8-9,16H2,1-3H3,(H,17,19). The summed E-state index contributed by atoms with van der Waals surface area (Å²) in [5.41, 5.74) is 7.13. The second-order valence-electron chi connectivity index (χ2n) is 5.70. The van der Waals surface area contributed by atoms with Crippen LogP contribution in [-0.4, -0.2) is 29.9 Å². The molecule has 104 valence electrons. The van der Waals surface area contributed by atoms with E-state index in [0.717, 1.165) is 18.8 Å². The molecule has 1 aliphatic rings. The first kappa shape index (κ1) is 13.9. The molecule has 0 aromatic heterocycles. The molecule has 4 heteroatoms. The van der Waals surface area contributed by atoms with Crippen LogP contribution < -0.4 is 11.1 Å². The molecular formula is C15H23N3O. The Kier molecular flexibility index (Phi) is 4.10. The molecule has 1 aliphatic heterocycles. The van der Waals surface area contributed by atoms with Crippen LogP contribution in [-0.2, 0) is 4.79 Å². The van der Waals surface area contributed by atoms with E-state index in [-0.39, 0.29) is 11.9 Å². The van der Waals surface area contributed by atoms with Gasteiger partial charge >= 0.3 is 0 Å². The molecule has 3 atom stereocenters.